The summed E-state index contributed by atoms with van der Waals surface area (Å²) in [7, 11) is -3.95. The van der Waals surface area contributed by atoms with Gasteiger partial charge in [0.2, 0.25) is 5.82 Å². The molecule has 2 aromatic carbocycles. The van der Waals surface area contributed by atoms with E-state index in [0.717, 1.165) is 31.4 Å². The van der Waals surface area contributed by atoms with Crippen LogP contribution in [0.15, 0.2) is 45.7 Å². The van der Waals surface area contributed by atoms with Crippen LogP contribution in [-0.2, 0) is 10.0 Å². The molecule has 2 aliphatic heterocycles. The molecule has 0 aliphatic carbocycles. The lowest BCUT2D eigenvalue weighted by molar-refractivity contribution is -0.387. The molecule has 1 fully saturated rings. The minimum Gasteiger partial charge on any atom is -0.328 e. The number of nitro groups is 1. The Morgan fingerprint density at radius 3 is 2.73 bits per heavy atom. The Morgan fingerprint density at radius 1 is 1.17 bits per heavy atom. The first-order chi connectivity index (χ1) is 14.3. The first kappa shape index (κ1) is 20.0. The van der Waals surface area contributed by atoms with Gasteiger partial charge in [0.25, 0.3) is 15.9 Å². The molecule has 156 valence electrons. The van der Waals surface area contributed by atoms with Crippen LogP contribution in [0.5, 0.6) is 0 Å². The van der Waals surface area contributed by atoms with Crippen LogP contribution in [0.2, 0.25) is 0 Å². The number of hydrogen-bond acceptors (Lipinski definition) is 6. The summed E-state index contributed by atoms with van der Waals surface area (Å²) < 4.78 is 42.7. The number of nitrogens with one attached hydrogen (secondary N) is 1. The molecule has 1 amide bonds. The molecule has 0 bridgehead atoms. The van der Waals surface area contributed by atoms with E-state index in [4.69, 9.17) is 0 Å². The van der Waals surface area contributed by atoms with E-state index in [9.17, 15) is 27.7 Å². The SMILES string of the molecule is O=C(Nc1ccc(F)c([N+](=O)[O-])c1)c1ccc2c(c1)S(=O)(=O)N=C1CCCCCN12. The van der Waals surface area contributed by atoms with Crippen molar-refractivity contribution < 1.29 is 22.5 Å². The lowest BCUT2D eigenvalue weighted by Crippen LogP contribution is -2.35. The van der Waals surface area contributed by atoms with E-state index in [1.165, 1.54) is 18.2 Å². The molecule has 0 saturated carbocycles. The lowest BCUT2D eigenvalue weighted by atomic mass is 10.1. The molecule has 0 unspecified atom stereocenters. The highest BCUT2D eigenvalue weighted by atomic mass is 32.2. The number of halogens is 1. The minimum atomic E-state index is -3.95. The first-order valence-corrected chi connectivity index (χ1v) is 10.7. The summed E-state index contributed by atoms with van der Waals surface area (Å²) in [5.41, 5.74) is -0.237. The van der Waals surface area contributed by atoms with Gasteiger partial charge in [0, 0.05) is 30.3 Å². The maximum Gasteiger partial charge on any atom is 0.306 e. The summed E-state index contributed by atoms with van der Waals surface area (Å²) in [6, 6.07) is 7.24. The fourth-order valence-electron chi connectivity index (χ4n) is 3.55. The Bertz CT molecular complexity index is 1200. The van der Waals surface area contributed by atoms with Crippen LogP contribution in [0, 0.1) is 15.9 Å². The molecule has 1 N–H and O–H groups in total. The van der Waals surface area contributed by atoms with Gasteiger partial charge in [0.05, 0.1) is 10.6 Å². The predicted octanol–water partition coefficient (Wildman–Crippen LogP) is 3.47. The average Bonchev–Trinajstić information content (AvgIpc) is 2.93. The summed E-state index contributed by atoms with van der Waals surface area (Å²) in [5.74, 6) is -1.20. The van der Waals surface area contributed by atoms with Crippen molar-refractivity contribution in [3.63, 3.8) is 0 Å². The van der Waals surface area contributed by atoms with Crippen molar-refractivity contribution in [2.24, 2.45) is 4.40 Å². The van der Waals surface area contributed by atoms with Gasteiger partial charge >= 0.3 is 5.69 Å². The van der Waals surface area contributed by atoms with Crippen LogP contribution in [0.4, 0.5) is 21.5 Å². The summed E-state index contributed by atoms with van der Waals surface area (Å²) in [4.78, 5) is 24.4. The second kappa shape index (κ2) is 7.48. The molecule has 9 nitrogen and oxygen atoms in total. The summed E-state index contributed by atoms with van der Waals surface area (Å²) in [5, 5.41) is 13.3. The zero-order valence-corrected chi connectivity index (χ0v) is 16.5. The molecule has 4 rings (SSSR count). The largest absolute Gasteiger partial charge is 0.328 e. The third-order valence-corrected chi connectivity index (χ3v) is 6.34. The third-order valence-electron chi connectivity index (χ3n) is 5.01. The van der Waals surface area contributed by atoms with E-state index >= 15 is 0 Å². The molecule has 0 atom stereocenters. The Labute approximate surface area is 171 Å². The maximum atomic E-state index is 13.5. The standard InChI is InChI=1S/C19H17FN4O5S/c20-14-7-6-13(11-16(14)24(26)27)21-19(25)12-5-8-15-17(10-12)30(28,29)22-18-4-2-1-3-9-23(15)18/h5-8,10-11H,1-4,9H2,(H,21,25). The quantitative estimate of drug-likeness (QED) is 0.585. The monoisotopic (exact) mass is 432 g/mol. The maximum absolute atomic E-state index is 13.5. The summed E-state index contributed by atoms with van der Waals surface area (Å²) >= 11 is 0. The predicted molar refractivity (Wildman–Crippen MR) is 108 cm³/mol. The Kier molecular flexibility index (Phi) is 4.98. The van der Waals surface area contributed by atoms with E-state index in [0.29, 0.717) is 24.5 Å². The van der Waals surface area contributed by atoms with Crippen LogP contribution in [0.25, 0.3) is 0 Å². The van der Waals surface area contributed by atoms with Crippen molar-refractivity contribution in [1.82, 2.24) is 0 Å². The van der Waals surface area contributed by atoms with Gasteiger partial charge in [-0.15, -0.1) is 4.40 Å². The van der Waals surface area contributed by atoms with Crippen LogP contribution in [0.3, 0.4) is 0 Å². The van der Waals surface area contributed by atoms with Crippen molar-refractivity contribution in [3.8, 4) is 0 Å². The van der Waals surface area contributed by atoms with Gasteiger partial charge in [-0.1, -0.05) is 6.42 Å². The fourth-order valence-corrected chi connectivity index (χ4v) is 4.84. The number of fused-ring (bicyclic) bond motifs is 3. The normalized spacial score (nSPS) is 17.2. The molecule has 2 heterocycles. The number of benzene rings is 2. The Balaban J connectivity index is 1.66. The van der Waals surface area contributed by atoms with E-state index in [-0.39, 0.29) is 16.1 Å². The van der Waals surface area contributed by atoms with Crippen molar-refractivity contribution in [2.75, 3.05) is 16.8 Å². The summed E-state index contributed by atoms with van der Waals surface area (Å²) in [6.45, 7) is 0.645. The number of anilines is 2. The number of amidine groups is 1. The molecule has 2 aliphatic rings. The number of sulfonamides is 1. The Hall–Kier alpha value is -3.34. The second-order valence-corrected chi connectivity index (χ2v) is 8.58. The minimum absolute atomic E-state index is 0.0153. The number of carbonyl (C=O) groups is 1. The number of carbonyl (C=O) groups excluding carboxylic acids is 1. The van der Waals surface area contributed by atoms with Gasteiger partial charge in [0.1, 0.15) is 10.7 Å². The smallest absolute Gasteiger partial charge is 0.306 e. The van der Waals surface area contributed by atoms with Gasteiger partial charge in [0.15, 0.2) is 0 Å². The highest BCUT2D eigenvalue weighted by molar-refractivity contribution is 7.90. The topological polar surface area (TPSA) is 122 Å². The van der Waals surface area contributed by atoms with Gasteiger partial charge in [-0.2, -0.15) is 12.8 Å². The third kappa shape index (κ3) is 3.63. The van der Waals surface area contributed by atoms with E-state index in [1.54, 1.807) is 6.07 Å². The van der Waals surface area contributed by atoms with E-state index < -0.39 is 32.4 Å². The number of nitro benzene ring substituents is 1. The van der Waals surface area contributed by atoms with Crippen LogP contribution >= 0.6 is 0 Å². The number of rotatable bonds is 3. The van der Waals surface area contributed by atoms with Crippen LogP contribution in [0.1, 0.15) is 36.0 Å². The molecule has 0 spiro atoms. The fraction of sp³-hybridized carbons (Fsp3) is 0.263. The highest BCUT2D eigenvalue weighted by Gasteiger charge is 2.32. The van der Waals surface area contributed by atoms with Crippen LogP contribution < -0.4 is 10.2 Å². The molecule has 30 heavy (non-hydrogen) atoms. The zero-order chi connectivity index (χ0) is 21.5. The molecular formula is C19H17FN4O5S. The molecule has 0 aromatic heterocycles. The summed E-state index contributed by atoms with van der Waals surface area (Å²) in [6.07, 6.45) is 3.33. The Morgan fingerprint density at radius 2 is 1.97 bits per heavy atom. The molecule has 0 radical (unpaired) electrons. The van der Waals surface area contributed by atoms with Gasteiger partial charge in [-0.3, -0.25) is 14.9 Å². The first-order valence-electron chi connectivity index (χ1n) is 9.27. The van der Waals surface area contributed by atoms with Crippen molar-refractivity contribution in [2.45, 2.75) is 30.6 Å². The molecule has 1 saturated heterocycles. The van der Waals surface area contributed by atoms with E-state index in [1.807, 2.05) is 4.90 Å². The van der Waals surface area contributed by atoms with Crippen LogP contribution in [-0.4, -0.2) is 31.6 Å². The van der Waals surface area contributed by atoms with Crippen molar-refractivity contribution in [3.05, 3.63) is 57.9 Å². The van der Waals surface area contributed by atoms with Crippen molar-refractivity contribution in [1.29, 1.82) is 0 Å². The molecular weight excluding hydrogens is 415 g/mol. The van der Waals surface area contributed by atoms with E-state index in [2.05, 4.69) is 9.71 Å². The average molecular weight is 432 g/mol. The van der Waals surface area contributed by atoms with Gasteiger partial charge < -0.3 is 10.2 Å². The lowest BCUT2D eigenvalue weighted by Gasteiger charge is -2.29. The molecule has 2 aromatic rings. The van der Waals surface area contributed by atoms with Gasteiger partial charge in [-0.05, 0) is 43.2 Å². The van der Waals surface area contributed by atoms with Crippen molar-refractivity contribution >= 4 is 38.8 Å². The number of hydrogen-bond donors (Lipinski definition) is 1. The second-order valence-electron chi connectivity index (χ2n) is 7.00. The number of nitrogens with zero attached hydrogens (tertiary/aromatic N) is 3. The van der Waals surface area contributed by atoms with Gasteiger partial charge in [-0.25, -0.2) is 0 Å². The highest BCUT2D eigenvalue weighted by Crippen LogP contribution is 2.35. The molecule has 11 heteroatoms. The zero-order valence-electron chi connectivity index (χ0n) is 15.7. The number of amides is 1.